The first kappa shape index (κ1) is 14.2. The van der Waals surface area contributed by atoms with Gasteiger partial charge in [-0.1, -0.05) is 13.8 Å². The summed E-state index contributed by atoms with van der Waals surface area (Å²) >= 11 is 0. The highest BCUT2D eigenvalue weighted by Crippen LogP contribution is 2.24. The fourth-order valence-corrected chi connectivity index (χ4v) is 1.86. The summed E-state index contributed by atoms with van der Waals surface area (Å²) in [5, 5.41) is 0. The van der Waals surface area contributed by atoms with Crippen molar-refractivity contribution < 1.29 is 9.53 Å². The maximum absolute atomic E-state index is 11.5. The number of hydrogen-bond acceptors (Lipinski definition) is 4. The van der Waals surface area contributed by atoms with E-state index in [1.807, 2.05) is 32.9 Å². The third-order valence-corrected chi connectivity index (χ3v) is 2.98. The highest BCUT2D eigenvalue weighted by molar-refractivity contribution is 5.93. The van der Waals surface area contributed by atoms with E-state index in [-0.39, 0.29) is 5.78 Å². The van der Waals surface area contributed by atoms with Crippen molar-refractivity contribution in [3.63, 3.8) is 0 Å². The van der Waals surface area contributed by atoms with Crippen LogP contribution in [0.2, 0.25) is 0 Å². The minimum Gasteiger partial charge on any atom is -0.454 e. The average molecular weight is 270 g/mol. The second-order valence-electron chi connectivity index (χ2n) is 4.51. The third kappa shape index (κ3) is 3.20. The van der Waals surface area contributed by atoms with Crippen LogP contribution in [-0.4, -0.2) is 15.8 Å². The van der Waals surface area contributed by atoms with E-state index in [1.165, 1.54) is 0 Å². The lowest BCUT2D eigenvalue weighted by atomic mass is 10.2. The second kappa shape index (κ2) is 6.28. The van der Waals surface area contributed by atoms with E-state index in [1.54, 1.807) is 18.3 Å². The molecule has 0 atom stereocenters. The van der Waals surface area contributed by atoms with Crippen LogP contribution in [-0.2, 0) is 6.42 Å². The number of Topliss-reactive ketones (excluding diaryl/α,β-unsaturated/α-hetero) is 1. The lowest BCUT2D eigenvalue weighted by Crippen LogP contribution is -2.00. The van der Waals surface area contributed by atoms with Crippen molar-refractivity contribution in [3.8, 4) is 11.5 Å². The maximum Gasteiger partial charge on any atom is 0.180 e. The summed E-state index contributed by atoms with van der Waals surface area (Å²) in [6.45, 7) is 5.81. The molecule has 2 aromatic heterocycles. The molecule has 0 saturated heterocycles. The molecule has 104 valence electrons. The smallest absolute Gasteiger partial charge is 0.180 e. The van der Waals surface area contributed by atoms with Crippen molar-refractivity contribution in [1.82, 2.24) is 9.97 Å². The van der Waals surface area contributed by atoms with Gasteiger partial charge >= 0.3 is 0 Å². The number of aromatic nitrogens is 2. The zero-order chi connectivity index (χ0) is 14.5. The van der Waals surface area contributed by atoms with Crippen LogP contribution in [0.5, 0.6) is 11.5 Å². The van der Waals surface area contributed by atoms with E-state index >= 15 is 0 Å². The number of ketones is 1. The predicted octanol–water partition coefficient (Wildman–Crippen LogP) is 3.73. The van der Waals surface area contributed by atoms with Crippen LogP contribution in [0.25, 0.3) is 0 Å². The molecule has 0 aliphatic heterocycles. The van der Waals surface area contributed by atoms with E-state index in [4.69, 9.17) is 4.74 Å². The predicted molar refractivity (Wildman–Crippen MR) is 77.3 cm³/mol. The normalized spacial score (nSPS) is 10.3. The molecule has 0 spiro atoms. The fourth-order valence-electron chi connectivity index (χ4n) is 1.86. The number of ether oxygens (including phenoxy) is 1. The number of rotatable bonds is 5. The van der Waals surface area contributed by atoms with Gasteiger partial charge in [0.1, 0.15) is 17.2 Å². The number of hydrogen-bond donors (Lipinski definition) is 0. The van der Waals surface area contributed by atoms with Crippen LogP contribution in [0, 0.1) is 6.92 Å². The Morgan fingerprint density at radius 1 is 1.20 bits per heavy atom. The van der Waals surface area contributed by atoms with E-state index in [2.05, 4.69) is 9.97 Å². The highest BCUT2D eigenvalue weighted by Gasteiger charge is 2.08. The van der Waals surface area contributed by atoms with E-state index in [0.717, 1.165) is 23.6 Å². The SMILES string of the molecule is CCC(=O)c1ccc(Oc2ccc(C)nc2CC)cn1. The Bertz CT molecular complexity index is 606. The Balaban J connectivity index is 2.20. The maximum atomic E-state index is 11.5. The third-order valence-electron chi connectivity index (χ3n) is 2.98. The molecule has 0 aliphatic rings. The summed E-state index contributed by atoms with van der Waals surface area (Å²) in [6.07, 6.45) is 2.83. The van der Waals surface area contributed by atoms with Gasteiger partial charge in [0, 0.05) is 12.1 Å². The summed E-state index contributed by atoms with van der Waals surface area (Å²) in [5.41, 5.74) is 2.35. The topological polar surface area (TPSA) is 52.1 Å². The van der Waals surface area contributed by atoms with Crippen molar-refractivity contribution >= 4 is 5.78 Å². The Morgan fingerprint density at radius 2 is 2.00 bits per heavy atom. The minimum atomic E-state index is 0.0304. The molecule has 0 amide bonds. The molecule has 0 aliphatic carbocycles. The summed E-state index contributed by atoms with van der Waals surface area (Å²) < 4.78 is 5.79. The summed E-state index contributed by atoms with van der Waals surface area (Å²) in [6, 6.07) is 7.27. The molecule has 2 rings (SSSR count). The number of pyridine rings is 2. The molecule has 20 heavy (non-hydrogen) atoms. The van der Waals surface area contributed by atoms with Crippen LogP contribution in [0.3, 0.4) is 0 Å². The van der Waals surface area contributed by atoms with Gasteiger partial charge in [0.05, 0.1) is 11.9 Å². The zero-order valence-electron chi connectivity index (χ0n) is 12.0. The van der Waals surface area contributed by atoms with E-state index in [0.29, 0.717) is 17.9 Å². The van der Waals surface area contributed by atoms with Gasteiger partial charge in [-0.25, -0.2) is 4.98 Å². The van der Waals surface area contributed by atoms with Gasteiger partial charge in [-0.2, -0.15) is 0 Å². The number of nitrogens with zero attached hydrogens (tertiary/aromatic N) is 2. The Labute approximate surface area is 118 Å². The Hall–Kier alpha value is -2.23. The van der Waals surface area contributed by atoms with E-state index < -0.39 is 0 Å². The lowest BCUT2D eigenvalue weighted by Gasteiger charge is -2.10. The Morgan fingerprint density at radius 3 is 2.60 bits per heavy atom. The molecule has 0 aromatic carbocycles. The van der Waals surface area contributed by atoms with Crippen LogP contribution >= 0.6 is 0 Å². The molecule has 0 N–H and O–H groups in total. The molecule has 0 fully saturated rings. The van der Waals surface area contributed by atoms with Gasteiger partial charge in [0.2, 0.25) is 0 Å². The first-order chi connectivity index (χ1) is 9.63. The molecule has 2 heterocycles. The molecule has 2 aromatic rings. The van der Waals surface area contributed by atoms with Crippen molar-refractivity contribution in [3.05, 3.63) is 47.5 Å². The van der Waals surface area contributed by atoms with Crippen molar-refractivity contribution in [2.45, 2.75) is 33.6 Å². The molecular formula is C16H18N2O2. The lowest BCUT2D eigenvalue weighted by molar-refractivity contribution is 0.0983. The monoisotopic (exact) mass is 270 g/mol. The first-order valence-electron chi connectivity index (χ1n) is 6.77. The molecule has 0 unspecified atom stereocenters. The largest absolute Gasteiger partial charge is 0.454 e. The minimum absolute atomic E-state index is 0.0304. The van der Waals surface area contributed by atoms with Crippen LogP contribution in [0.1, 0.15) is 42.1 Å². The summed E-state index contributed by atoms with van der Waals surface area (Å²) in [5.74, 6) is 1.37. The molecule has 4 nitrogen and oxygen atoms in total. The highest BCUT2D eigenvalue weighted by atomic mass is 16.5. The molecule has 0 saturated carbocycles. The van der Waals surface area contributed by atoms with Gasteiger partial charge in [-0.3, -0.25) is 9.78 Å². The van der Waals surface area contributed by atoms with Crippen molar-refractivity contribution in [2.24, 2.45) is 0 Å². The standard InChI is InChI=1S/C16H18N2O2/c1-4-13-16(9-6-11(3)18-13)20-12-7-8-14(17-10-12)15(19)5-2/h6-10H,4-5H2,1-3H3. The zero-order valence-corrected chi connectivity index (χ0v) is 12.0. The van der Waals surface area contributed by atoms with Crippen LogP contribution in [0.4, 0.5) is 0 Å². The number of carbonyl (C=O) groups excluding carboxylic acids is 1. The van der Waals surface area contributed by atoms with Gasteiger partial charge in [0.15, 0.2) is 5.78 Å². The summed E-state index contributed by atoms with van der Waals surface area (Å²) in [4.78, 5) is 20.1. The van der Waals surface area contributed by atoms with Gasteiger partial charge in [-0.05, 0) is 37.6 Å². The quantitative estimate of drug-likeness (QED) is 0.777. The fraction of sp³-hybridized carbons (Fsp3) is 0.312. The average Bonchev–Trinajstić information content (AvgIpc) is 2.49. The Kier molecular flexibility index (Phi) is 4.45. The number of aryl methyl sites for hydroxylation is 2. The second-order valence-corrected chi connectivity index (χ2v) is 4.51. The van der Waals surface area contributed by atoms with Gasteiger partial charge in [-0.15, -0.1) is 0 Å². The first-order valence-corrected chi connectivity index (χ1v) is 6.77. The van der Waals surface area contributed by atoms with E-state index in [9.17, 15) is 4.79 Å². The number of carbonyl (C=O) groups is 1. The van der Waals surface area contributed by atoms with Crippen LogP contribution in [0.15, 0.2) is 30.5 Å². The molecular weight excluding hydrogens is 252 g/mol. The van der Waals surface area contributed by atoms with Crippen molar-refractivity contribution in [1.29, 1.82) is 0 Å². The van der Waals surface area contributed by atoms with Gasteiger partial charge < -0.3 is 4.74 Å². The molecule has 4 heteroatoms. The molecule has 0 bridgehead atoms. The summed E-state index contributed by atoms with van der Waals surface area (Å²) in [7, 11) is 0. The molecule has 0 radical (unpaired) electrons. The van der Waals surface area contributed by atoms with Crippen LogP contribution < -0.4 is 4.74 Å². The van der Waals surface area contributed by atoms with Crippen molar-refractivity contribution in [2.75, 3.05) is 0 Å². The van der Waals surface area contributed by atoms with Gasteiger partial charge in [0.25, 0.3) is 0 Å².